The summed E-state index contributed by atoms with van der Waals surface area (Å²) >= 11 is 4.56. The number of hydrogen-bond acceptors (Lipinski definition) is 3. The Hall–Kier alpha value is -0.380. The maximum Gasteiger partial charge on any atom is 0.410 e. The van der Waals surface area contributed by atoms with E-state index in [4.69, 9.17) is 4.74 Å². The Kier molecular flexibility index (Phi) is 3.83. The summed E-state index contributed by atoms with van der Waals surface area (Å²) in [4.78, 5) is 13.7. The van der Waals surface area contributed by atoms with E-state index in [9.17, 15) is 4.79 Å². The molecule has 0 aromatic carbocycles. The number of carbonyl (C=O) groups excluding carboxylic acids is 1. The van der Waals surface area contributed by atoms with Crippen molar-refractivity contribution >= 4 is 18.7 Å². The zero-order chi connectivity index (χ0) is 12.6. The molecule has 0 saturated carbocycles. The molecule has 1 rings (SSSR count). The van der Waals surface area contributed by atoms with E-state index in [1.807, 2.05) is 20.8 Å². The van der Waals surface area contributed by atoms with Gasteiger partial charge in [-0.3, -0.25) is 0 Å². The zero-order valence-electron chi connectivity index (χ0n) is 10.9. The van der Waals surface area contributed by atoms with Gasteiger partial charge in [0, 0.05) is 18.3 Å². The van der Waals surface area contributed by atoms with E-state index in [-0.39, 0.29) is 11.5 Å². The van der Waals surface area contributed by atoms with Gasteiger partial charge in [0.05, 0.1) is 0 Å². The van der Waals surface area contributed by atoms with E-state index >= 15 is 0 Å². The van der Waals surface area contributed by atoms with Crippen LogP contribution in [-0.4, -0.2) is 34.9 Å². The van der Waals surface area contributed by atoms with Gasteiger partial charge in [-0.15, -0.1) is 0 Å². The monoisotopic (exact) mass is 245 g/mol. The Morgan fingerprint density at radius 2 is 2.00 bits per heavy atom. The summed E-state index contributed by atoms with van der Waals surface area (Å²) in [5, 5.41) is 0.353. The fraction of sp³-hybridized carbons (Fsp3) is 0.917. The van der Waals surface area contributed by atoms with Gasteiger partial charge in [0.1, 0.15) is 5.60 Å². The Labute approximate surface area is 104 Å². The van der Waals surface area contributed by atoms with Crippen molar-refractivity contribution in [2.45, 2.75) is 51.9 Å². The normalized spacial score (nSPS) is 25.4. The summed E-state index contributed by atoms with van der Waals surface area (Å²) in [7, 11) is 0. The first kappa shape index (κ1) is 13.7. The van der Waals surface area contributed by atoms with Crippen LogP contribution in [0.5, 0.6) is 0 Å². The van der Waals surface area contributed by atoms with Gasteiger partial charge in [0.2, 0.25) is 0 Å². The minimum atomic E-state index is -0.418. The van der Waals surface area contributed by atoms with Gasteiger partial charge in [-0.1, -0.05) is 13.8 Å². The van der Waals surface area contributed by atoms with Crippen LogP contribution >= 0.6 is 12.6 Å². The standard InChI is InChI=1S/C12H23NO2S/c1-11(2,3)15-10(14)13-7-6-9(16)12(4,5)8-13/h9,16H,6-8H2,1-5H3. The molecule has 1 aliphatic heterocycles. The summed E-state index contributed by atoms with van der Waals surface area (Å²) in [6.07, 6.45) is 0.718. The molecular formula is C12H23NO2S. The Morgan fingerprint density at radius 1 is 1.44 bits per heavy atom. The van der Waals surface area contributed by atoms with Crippen molar-refractivity contribution in [1.29, 1.82) is 0 Å². The average Bonchev–Trinajstić information content (AvgIpc) is 2.06. The van der Waals surface area contributed by atoms with Crippen molar-refractivity contribution in [2.24, 2.45) is 5.41 Å². The van der Waals surface area contributed by atoms with E-state index in [0.717, 1.165) is 19.5 Å². The third kappa shape index (κ3) is 3.58. The predicted octanol–water partition coefficient (Wildman–Crippen LogP) is 2.95. The van der Waals surface area contributed by atoms with Gasteiger partial charge in [-0.2, -0.15) is 12.6 Å². The molecule has 1 amide bonds. The molecule has 0 aliphatic carbocycles. The summed E-state index contributed by atoms with van der Waals surface area (Å²) in [5.41, 5.74) is -0.364. The summed E-state index contributed by atoms with van der Waals surface area (Å²) in [5.74, 6) is 0. The van der Waals surface area contributed by atoms with Crippen LogP contribution in [-0.2, 0) is 4.74 Å². The fourth-order valence-electron chi connectivity index (χ4n) is 1.83. The van der Waals surface area contributed by atoms with Crippen LogP contribution in [0.3, 0.4) is 0 Å². The topological polar surface area (TPSA) is 29.5 Å². The van der Waals surface area contributed by atoms with Gasteiger partial charge in [0.25, 0.3) is 0 Å². The second kappa shape index (κ2) is 4.47. The van der Waals surface area contributed by atoms with Gasteiger partial charge < -0.3 is 9.64 Å². The molecule has 0 radical (unpaired) electrons. The highest BCUT2D eigenvalue weighted by Crippen LogP contribution is 2.33. The molecule has 4 heteroatoms. The maximum absolute atomic E-state index is 11.9. The number of carbonyl (C=O) groups is 1. The van der Waals surface area contributed by atoms with E-state index in [2.05, 4.69) is 26.5 Å². The Bertz CT molecular complexity index is 271. The first-order valence-corrected chi connectivity index (χ1v) is 6.29. The third-order valence-electron chi connectivity index (χ3n) is 2.82. The van der Waals surface area contributed by atoms with Crippen molar-refractivity contribution in [3.05, 3.63) is 0 Å². The number of rotatable bonds is 0. The molecule has 0 N–H and O–H groups in total. The second-order valence-corrected chi connectivity index (χ2v) is 6.82. The van der Waals surface area contributed by atoms with Gasteiger partial charge >= 0.3 is 6.09 Å². The lowest BCUT2D eigenvalue weighted by Crippen LogP contribution is -2.50. The number of amides is 1. The van der Waals surface area contributed by atoms with Crippen molar-refractivity contribution in [1.82, 2.24) is 4.90 Å². The summed E-state index contributed by atoms with van der Waals surface area (Å²) in [6, 6.07) is 0. The molecule has 3 nitrogen and oxygen atoms in total. The molecule has 1 aliphatic rings. The molecule has 0 aromatic heterocycles. The predicted molar refractivity (Wildman–Crippen MR) is 69.0 cm³/mol. The highest BCUT2D eigenvalue weighted by atomic mass is 32.1. The Morgan fingerprint density at radius 3 is 2.44 bits per heavy atom. The largest absolute Gasteiger partial charge is 0.444 e. The molecule has 0 bridgehead atoms. The molecule has 1 fully saturated rings. The van der Waals surface area contributed by atoms with Crippen molar-refractivity contribution in [3.63, 3.8) is 0 Å². The highest BCUT2D eigenvalue weighted by Gasteiger charge is 2.36. The Balaban J connectivity index is 2.60. The van der Waals surface area contributed by atoms with E-state index in [0.29, 0.717) is 5.25 Å². The molecule has 16 heavy (non-hydrogen) atoms. The van der Waals surface area contributed by atoms with Crippen molar-refractivity contribution < 1.29 is 9.53 Å². The molecule has 1 unspecified atom stereocenters. The first-order chi connectivity index (χ1) is 7.12. The van der Waals surface area contributed by atoms with Crippen LogP contribution in [0, 0.1) is 5.41 Å². The molecule has 1 atom stereocenters. The average molecular weight is 245 g/mol. The molecule has 0 spiro atoms. The SMILES string of the molecule is CC(C)(C)OC(=O)N1CCC(S)C(C)(C)C1. The zero-order valence-corrected chi connectivity index (χ0v) is 11.8. The smallest absolute Gasteiger partial charge is 0.410 e. The number of likely N-dealkylation sites (tertiary alicyclic amines) is 1. The minimum Gasteiger partial charge on any atom is -0.444 e. The quantitative estimate of drug-likeness (QED) is 0.665. The fourth-order valence-corrected chi connectivity index (χ4v) is 2.02. The number of piperidine rings is 1. The lowest BCUT2D eigenvalue weighted by molar-refractivity contribution is 0.0103. The number of thiol groups is 1. The molecule has 1 heterocycles. The van der Waals surface area contributed by atoms with E-state index in [1.165, 1.54) is 0 Å². The van der Waals surface area contributed by atoms with Crippen LogP contribution in [0.25, 0.3) is 0 Å². The second-order valence-electron chi connectivity index (χ2n) is 6.19. The van der Waals surface area contributed by atoms with Crippen LogP contribution in [0.2, 0.25) is 0 Å². The number of nitrogens with zero attached hydrogens (tertiary/aromatic N) is 1. The van der Waals surface area contributed by atoms with Crippen LogP contribution in [0.15, 0.2) is 0 Å². The molecule has 0 aromatic rings. The van der Waals surface area contributed by atoms with Crippen LogP contribution < -0.4 is 0 Å². The first-order valence-electron chi connectivity index (χ1n) is 5.78. The molecule has 94 valence electrons. The van der Waals surface area contributed by atoms with E-state index in [1.54, 1.807) is 4.90 Å². The van der Waals surface area contributed by atoms with Gasteiger partial charge in [-0.25, -0.2) is 4.79 Å². The minimum absolute atomic E-state index is 0.0538. The molecule has 1 saturated heterocycles. The van der Waals surface area contributed by atoms with Crippen LogP contribution in [0.4, 0.5) is 4.79 Å². The van der Waals surface area contributed by atoms with E-state index < -0.39 is 5.60 Å². The van der Waals surface area contributed by atoms with Gasteiger partial charge in [0.15, 0.2) is 0 Å². The van der Waals surface area contributed by atoms with Gasteiger partial charge in [-0.05, 0) is 32.6 Å². The van der Waals surface area contributed by atoms with Crippen molar-refractivity contribution in [3.8, 4) is 0 Å². The van der Waals surface area contributed by atoms with Crippen molar-refractivity contribution in [2.75, 3.05) is 13.1 Å². The maximum atomic E-state index is 11.9. The van der Waals surface area contributed by atoms with Crippen LogP contribution in [0.1, 0.15) is 41.0 Å². The lowest BCUT2D eigenvalue weighted by Gasteiger charge is -2.42. The lowest BCUT2D eigenvalue weighted by atomic mass is 9.83. The summed E-state index contributed by atoms with van der Waals surface area (Å²) < 4.78 is 5.37. The summed E-state index contributed by atoms with van der Waals surface area (Å²) in [6.45, 7) is 11.4. The third-order valence-corrected chi connectivity index (χ3v) is 3.78. The molecular weight excluding hydrogens is 222 g/mol. The number of ether oxygens (including phenoxy) is 1. The number of hydrogen-bond donors (Lipinski definition) is 1. The highest BCUT2D eigenvalue weighted by molar-refractivity contribution is 7.81.